The van der Waals surface area contributed by atoms with Gasteiger partial charge >= 0.3 is 0 Å². The second-order valence-corrected chi connectivity index (χ2v) is 6.03. The lowest BCUT2D eigenvalue weighted by Gasteiger charge is -2.38. The third kappa shape index (κ3) is 3.95. The Morgan fingerprint density at radius 1 is 1.13 bits per heavy atom. The lowest BCUT2D eigenvalue weighted by molar-refractivity contribution is 0.0496. The number of benzene rings is 1. The number of furan rings is 1. The summed E-state index contributed by atoms with van der Waals surface area (Å²) in [5.74, 6) is 1.90. The number of ether oxygens (including phenoxy) is 2. The second-order valence-electron chi connectivity index (χ2n) is 6.03. The van der Waals surface area contributed by atoms with Crippen LogP contribution >= 0.6 is 0 Å². The summed E-state index contributed by atoms with van der Waals surface area (Å²) in [6.45, 7) is 6.01. The first kappa shape index (κ1) is 16.1. The highest BCUT2D eigenvalue weighted by molar-refractivity contribution is 5.33. The van der Waals surface area contributed by atoms with Crippen molar-refractivity contribution in [2.75, 3.05) is 26.4 Å². The van der Waals surface area contributed by atoms with Crippen molar-refractivity contribution in [2.45, 2.75) is 31.7 Å². The lowest BCUT2D eigenvalue weighted by atomic mass is 9.74. The average Bonchev–Trinajstić information content (AvgIpc) is 3.10. The summed E-state index contributed by atoms with van der Waals surface area (Å²) in [6.07, 6.45) is 3.78. The summed E-state index contributed by atoms with van der Waals surface area (Å²) in [5, 5.41) is 3.56. The van der Waals surface area contributed by atoms with Gasteiger partial charge in [0.2, 0.25) is 0 Å². The van der Waals surface area contributed by atoms with E-state index in [0.717, 1.165) is 50.7 Å². The molecule has 124 valence electrons. The largest absolute Gasteiger partial charge is 0.494 e. The van der Waals surface area contributed by atoms with Crippen LogP contribution < -0.4 is 10.1 Å². The molecule has 0 amide bonds. The second kappa shape index (κ2) is 7.66. The highest BCUT2D eigenvalue weighted by atomic mass is 16.5. The molecule has 1 aromatic heterocycles. The van der Waals surface area contributed by atoms with E-state index in [4.69, 9.17) is 13.9 Å². The fourth-order valence-electron chi connectivity index (χ4n) is 3.24. The molecule has 1 N–H and O–H groups in total. The molecule has 1 saturated heterocycles. The van der Waals surface area contributed by atoms with Crippen LogP contribution in [0.25, 0.3) is 0 Å². The van der Waals surface area contributed by atoms with Gasteiger partial charge < -0.3 is 19.2 Å². The molecule has 0 aliphatic carbocycles. The maximum absolute atomic E-state index is 5.59. The molecule has 1 fully saturated rings. The third-order valence-corrected chi connectivity index (χ3v) is 4.57. The van der Waals surface area contributed by atoms with Crippen molar-refractivity contribution in [1.82, 2.24) is 5.32 Å². The smallest absolute Gasteiger partial charge is 0.119 e. The summed E-state index contributed by atoms with van der Waals surface area (Å²) in [4.78, 5) is 0. The van der Waals surface area contributed by atoms with Gasteiger partial charge in [-0.1, -0.05) is 12.1 Å². The zero-order valence-electron chi connectivity index (χ0n) is 13.7. The van der Waals surface area contributed by atoms with Gasteiger partial charge in [0.25, 0.3) is 0 Å². The highest BCUT2D eigenvalue weighted by Gasteiger charge is 2.34. The highest BCUT2D eigenvalue weighted by Crippen LogP contribution is 2.35. The van der Waals surface area contributed by atoms with Crippen molar-refractivity contribution < 1.29 is 13.9 Å². The molecule has 0 bridgehead atoms. The summed E-state index contributed by atoms with van der Waals surface area (Å²) >= 11 is 0. The molecule has 0 radical (unpaired) electrons. The van der Waals surface area contributed by atoms with E-state index in [1.54, 1.807) is 6.26 Å². The quantitative estimate of drug-likeness (QED) is 0.849. The molecule has 2 heterocycles. The van der Waals surface area contributed by atoms with Gasteiger partial charge in [0.1, 0.15) is 11.5 Å². The molecule has 2 aromatic rings. The first-order valence-corrected chi connectivity index (χ1v) is 8.37. The van der Waals surface area contributed by atoms with Gasteiger partial charge in [-0.05, 0) is 49.6 Å². The van der Waals surface area contributed by atoms with Gasteiger partial charge in [-0.15, -0.1) is 0 Å². The molecule has 0 atom stereocenters. The molecule has 1 aliphatic rings. The van der Waals surface area contributed by atoms with Crippen LogP contribution in [0.3, 0.4) is 0 Å². The SMILES string of the molecule is CCOc1ccc(C2(CNCc3ccco3)CCOCC2)cc1. The van der Waals surface area contributed by atoms with Crippen molar-refractivity contribution in [3.05, 3.63) is 54.0 Å². The Kier molecular flexibility index (Phi) is 5.36. The molecule has 4 heteroatoms. The van der Waals surface area contributed by atoms with Crippen LogP contribution in [-0.4, -0.2) is 26.4 Å². The summed E-state index contributed by atoms with van der Waals surface area (Å²) in [7, 11) is 0. The van der Waals surface area contributed by atoms with Crippen LogP contribution in [0.2, 0.25) is 0 Å². The summed E-state index contributed by atoms with van der Waals surface area (Å²) < 4.78 is 16.5. The van der Waals surface area contributed by atoms with E-state index < -0.39 is 0 Å². The van der Waals surface area contributed by atoms with Gasteiger partial charge in [0.05, 0.1) is 19.4 Å². The van der Waals surface area contributed by atoms with Gasteiger partial charge in [-0.2, -0.15) is 0 Å². The Labute approximate surface area is 137 Å². The molecule has 4 nitrogen and oxygen atoms in total. The summed E-state index contributed by atoms with van der Waals surface area (Å²) in [6, 6.07) is 12.5. The molecular formula is C19H25NO3. The fraction of sp³-hybridized carbons (Fsp3) is 0.474. The zero-order chi connectivity index (χ0) is 16.0. The maximum atomic E-state index is 5.59. The van der Waals surface area contributed by atoms with Crippen LogP contribution in [0, 0.1) is 0 Å². The minimum atomic E-state index is 0.121. The summed E-state index contributed by atoms with van der Waals surface area (Å²) in [5.41, 5.74) is 1.48. The van der Waals surface area contributed by atoms with Crippen molar-refractivity contribution in [3.63, 3.8) is 0 Å². The zero-order valence-corrected chi connectivity index (χ0v) is 13.7. The predicted molar refractivity (Wildman–Crippen MR) is 89.8 cm³/mol. The molecule has 3 rings (SSSR count). The topological polar surface area (TPSA) is 43.6 Å². The Morgan fingerprint density at radius 3 is 2.57 bits per heavy atom. The van der Waals surface area contributed by atoms with Crippen molar-refractivity contribution >= 4 is 0 Å². The molecule has 1 aromatic carbocycles. The van der Waals surface area contributed by atoms with Gasteiger partial charge in [0.15, 0.2) is 0 Å². The number of rotatable bonds is 7. The molecule has 23 heavy (non-hydrogen) atoms. The average molecular weight is 315 g/mol. The minimum absolute atomic E-state index is 0.121. The number of nitrogens with one attached hydrogen (secondary N) is 1. The molecule has 0 unspecified atom stereocenters. The van der Waals surface area contributed by atoms with Crippen molar-refractivity contribution in [3.8, 4) is 5.75 Å². The van der Waals surface area contributed by atoms with Crippen LogP contribution in [0.15, 0.2) is 47.1 Å². The number of hydrogen-bond acceptors (Lipinski definition) is 4. The van der Waals surface area contributed by atoms with E-state index in [1.807, 2.05) is 19.1 Å². The van der Waals surface area contributed by atoms with Crippen LogP contribution in [-0.2, 0) is 16.7 Å². The van der Waals surface area contributed by atoms with E-state index in [0.29, 0.717) is 6.61 Å². The van der Waals surface area contributed by atoms with Crippen LogP contribution in [0.1, 0.15) is 31.1 Å². The van der Waals surface area contributed by atoms with Crippen molar-refractivity contribution in [2.24, 2.45) is 0 Å². The van der Waals surface area contributed by atoms with E-state index in [-0.39, 0.29) is 5.41 Å². The normalized spacial score (nSPS) is 17.1. The first-order valence-electron chi connectivity index (χ1n) is 8.37. The maximum Gasteiger partial charge on any atom is 0.119 e. The van der Waals surface area contributed by atoms with Gasteiger partial charge in [-0.3, -0.25) is 0 Å². The molecule has 0 spiro atoms. The lowest BCUT2D eigenvalue weighted by Crippen LogP contribution is -2.42. The van der Waals surface area contributed by atoms with Crippen molar-refractivity contribution in [1.29, 1.82) is 0 Å². The Hall–Kier alpha value is -1.78. The van der Waals surface area contributed by atoms with Gasteiger partial charge in [0, 0.05) is 25.2 Å². The first-order chi connectivity index (χ1) is 11.3. The number of hydrogen-bond donors (Lipinski definition) is 1. The Morgan fingerprint density at radius 2 is 1.91 bits per heavy atom. The Balaban J connectivity index is 1.70. The van der Waals surface area contributed by atoms with Gasteiger partial charge in [-0.25, -0.2) is 0 Å². The van der Waals surface area contributed by atoms with Crippen LogP contribution in [0.5, 0.6) is 5.75 Å². The Bertz CT molecular complexity index is 571. The molecular weight excluding hydrogens is 290 g/mol. The molecule has 0 saturated carbocycles. The van der Waals surface area contributed by atoms with E-state index in [9.17, 15) is 0 Å². The standard InChI is InChI=1S/C19H25NO3/c1-2-22-17-7-5-16(6-8-17)19(9-12-21-13-10-19)15-20-14-18-4-3-11-23-18/h3-8,11,20H,2,9-10,12-15H2,1H3. The van der Waals surface area contributed by atoms with Crippen LogP contribution in [0.4, 0.5) is 0 Å². The monoisotopic (exact) mass is 315 g/mol. The van der Waals surface area contributed by atoms with E-state index in [2.05, 4.69) is 29.6 Å². The fourth-order valence-corrected chi connectivity index (χ4v) is 3.24. The minimum Gasteiger partial charge on any atom is -0.494 e. The van der Waals surface area contributed by atoms with E-state index >= 15 is 0 Å². The van der Waals surface area contributed by atoms with E-state index in [1.165, 1.54) is 5.56 Å². The third-order valence-electron chi connectivity index (χ3n) is 4.57. The predicted octanol–water partition coefficient (Wildman–Crippen LogP) is 3.52. The molecule has 1 aliphatic heterocycles.